The summed E-state index contributed by atoms with van der Waals surface area (Å²) in [5.41, 5.74) is 1.57. The summed E-state index contributed by atoms with van der Waals surface area (Å²) >= 11 is 0. The fraction of sp³-hybridized carbons (Fsp3) is 0.167. The van der Waals surface area contributed by atoms with E-state index in [0.717, 1.165) is 5.56 Å². The molecule has 0 N–H and O–H groups in total. The predicted octanol–water partition coefficient (Wildman–Crippen LogP) is 2.49. The Labute approximate surface area is 83.3 Å². The number of carbonyl (C=O) groups excluding carboxylic acids is 2. The number of rotatable bonds is 4. The van der Waals surface area contributed by atoms with Gasteiger partial charge >= 0.3 is 0 Å². The van der Waals surface area contributed by atoms with Crippen LogP contribution in [0.2, 0.25) is 0 Å². The first-order chi connectivity index (χ1) is 6.77. The van der Waals surface area contributed by atoms with Crippen molar-refractivity contribution in [1.29, 1.82) is 0 Å². The van der Waals surface area contributed by atoms with Crippen molar-refractivity contribution in [2.75, 3.05) is 0 Å². The molecule has 0 bridgehead atoms. The number of ketones is 1. The van der Waals surface area contributed by atoms with E-state index in [0.29, 0.717) is 18.3 Å². The van der Waals surface area contributed by atoms with Gasteiger partial charge in [-0.15, -0.1) is 0 Å². The van der Waals surface area contributed by atoms with E-state index in [-0.39, 0.29) is 5.78 Å². The average Bonchev–Trinajstić information content (AvgIpc) is 2.25. The topological polar surface area (TPSA) is 34.1 Å². The molecule has 2 nitrogen and oxygen atoms in total. The first-order valence-electron chi connectivity index (χ1n) is 4.53. The van der Waals surface area contributed by atoms with Crippen molar-refractivity contribution in [2.24, 2.45) is 0 Å². The van der Waals surface area contributed by atoms with E-state index < -0.39 is 0 Å². The monoisotopic (exact) mass is 188 g/mol. The molecule has 0 saturated heterocycles. The van der Waals surface area contributed by atoms with E-state index in [2.05, 4.69) is 0 Å². The Balaban J connectivity index is 2.94. The van der Waals surface area contributed by atoms with Crippen LogP contribution in [0, 0.1) is 0 Å². The molecule has 0 unspecified atom stereocenters. The first kappa shape index (κ1) is 10.4. The molecule has 0 spiro atoms. The summed E-state index contributed by atoms with van der Waals surface area (Å²) in [5.74, 6) is 0.117. The summed E-state index contributed by atoms with van der Waals surface area (Å²) in [6, 6.07) is 7.23. The van der Waals surface area contributed by atoms with Crippen LogP contribution in [0.3, 0.4) is 0 Å². The lowest BCUT2D eigenvalue weighted by molar-refractivity contribution is -0.104. The molecule has 0 aliphatic heterocycles. The minimum absolute atomic E-state index is 0.117. The molecule has 0 fully saturated rings. The van der Waals surface area contributed by atoms with Crippen LogP contribution in [0.1, 0.15) is 29.3 Å². The molecular formula is C12H12O2. The Morgan fingerprint density at radius 1 is 1.43 bits per heavy atom. The maximum Gasteiger partial charge on any atom is 0.162 e. The predicted molar refractivity (Wildman–Crippen MR) is 56.2 cm³/mol. The van der Waals surface area contributed by atoms with Gasteiger partial charge in [-0.05, 0) is 17.7 Å². The minimum atomic E-state index is 0.117. The number of hydrogen-bond donors (Lipinski definition) is 0. The van der Waals surface area contributed by atoms with Gasteiger partial charge in [0.1, 0.15) is 6.29 Å². The molecule has 1 rings (SSSR count). The maximum absolute atomic E-state index is 11.3. The quantitative estimate of drug-likeness (QED) is 0.413. The molecule has 0 radical (unpaired) electrons. The Morgan fingerprint density at radius 2 is 2.21 bits per heavy atom. The van der Waals surface area contributed by atoms with Gasteiger partial charge in [0.25, 0.3) is 0 Å². The molecule has 2 heteroatoms. The summed E-state index contributed by atoms with van der Waals surface area (Å²) in [7, 11) is 0. The van der Waals surface area contributed by atoms with Crippen molar-refractivity contribution in [3.8, 4) is 0 Å². The minimum Gasteiger partial charge on any atom is -0.299 e. The van der Waals surface area contributed by atoms with Crippen LogP contribution in [0.4, 0.5) is 0 Å². The van der Waals surface area contributed by atoms with Crippen LogP contribution < -0.4 is 0 Å². The molecular weight excluding hydrogens is 176 g/mol. The zero-order valence-electron chi connectivity index (χ0n) is 8.07. The summed E-state index contributed by atoms with van der Waals surface area (Å²) < 4.78 is 0. The zero-order valence-corrected chi connectivity index (χ0v) is 8.07. The van der Waals surface area contributed by atoms with Gasteiger partial charge in [-0.25, -0.2) is 0 Å². The average molecular weight is 188 g/mol. The van der Waals surface area contributed by atoms with Crippen molar-refractivity contribution in [3.05, 3.63) is 41.5 Å². The van der Waals surface area contributed by atoms with Crippen molar-refractivity contribution >= 4 is 18.1 Å². The van der Waals surface area contributed by atoms with E-state index in [4.69, 9.17) is 0 Å². The fourth-order valence-corrected chi connectivity index (χ4v) is 1.17. The summed E-state index contributed by atoms with van der Waals surface area (Å²) in [6.45, 7) is 1.83. The molecule has 1 aromatic carbocycles. The second-order valence-electron chi connectivity index (χ2n) is 2.90. The van der Waals surface area contributed by atoms with Crippen LogP contribution in [0.15, 0.2) is 30.3 Å². The molecule has 0 aliphatic carbocycles. The lowest BCUT2D eigenvalue weighted by atomic mass is 10.1. The molecule has 0 saturated carbocycles. The molecule has 0 aliphatic rings. The van der Waals surface area contributed by atoms with Crippen molar-refractivity contribution in [1.82, 2.24) is 0 Å². The lowest BCUT2D eigenvalue weighted by Crippen LogP contribution is -1.95. The molecule has 72 valence electrons. The standard InChI is InChI=1S/C12H12O2/c1-2-12(14)11-7-3-5-10(9-11)6-4-8-13/h3-9H,2H2,1H3. The van der Waals surface area contributed by atoms with Crippen LogP contribution in [-0.4, -0.2) is 12.1 Å². The van der Waals surface area contributed by atoms with Gasteiger partial charge in [0.2, 0.25) is 0 Å². The van der Waals surface area contributed by atoms with Crippen LogP contribution in [0.5, 0.6) is 0 Å². The van der Waals surface area contributed by atoms with E-state index in [1.165, 1.54) is 6.08 Å². The number of allylic oxidation sites excluding steroid dienone is 1. The van der Waals surface area contributed by atoms with E-state index in [1.807, 2.05) is 19.1 Å². The fourth-order valence-electron chi connectivity index (χ4n) is 1.17. The summed E-state index contributed by atoms with van der Waals surface area (Å²) in [5, 5.41) is 0. The third-order valence-electron chi connectivity index (χ3n) is 1.90. The number of aldehydes is 1. The zero-order chi connectivity index (χ0) is 10.4. The molecule has 1 aromatic rings. The highest BCUT2D eigenvalue weighted by Crippen LogP contribution is 2.08. The Morgan fingerprint density at radius 3 is 2.86 bits per heavy atom. The van der Waals surface area contributed by atoms with Gasteiger partial charge in [-0.2, -0.15) is 0 Å². The van der Waals surface area contributed by atoms with Crippen LogP contribution >= 0.6 is 0 Å². The summed E-state index contributed by atoms with van der Waals surface area (Å²) in [4.78, 5) is 21.4. The largest absolute Gasteiger partial charge is 0.299 e. The normalized spacial score (nSPS) is 10.4. The molecule has 0 aromatic heterocycles. The highest BCUT2D eigenvalue weighted by atomic mass is 16.1. The number of carbonyl (C=O) groups is 2. The Bertz CT molecular complexity index is 364. The van der Waals surface area contributed by atoms with Crippen LogP contribution in [0.25, 0.3) is 6.08 Å². The second-order valence-corrected chi connectivity index (χ2v) is 2.90. The number of benzene rings is 1. The number of hydrogen-bond acceptors (Lipinski definition) is 2. The molecule has 14 heavy (non-hydrogen) atoms. The number of Topliss-reactive ketones (excluding diaryl/α,β-unsaturated/α-hetero) is 1. The first-order valence-corrected chi connectivity index (χ1v) is 4.53. The highest BCUT2D eigenvalue weighted by Gasteiger charge is 2.01. The smallest absolute Gasteiger partial charge is 0.162 e. The van der Waals surface area contributed by atoms with Crippen molar-refractivity contribution in [2.45, 2.75) is 13.3 Å². The molecule has 0 amide bonds. The van der Waals surface area contributed by atoms with Gasteiger partial charge in [-0.1, -0.05) is 31.2 Å². The highest BCUT2D eigenvalue weighted by molar-refractivity contribution is 5.96. The van der Waals surface area contributed by atoms with Gasteiger partial charge in [0, 0.05) is 12.0 Å². The second kappa shape index (κ2) is 5.12. The van der Waals surface area contributed by atoms with Crippen molar-refractivity contribution in [3.63, 3.8) is 0 Å². The third kappa shape index (κ3) is 2.66. The lowest BCUT2D eigenvalue weighted by Gasteiger charge is -1.98. The molecule has 0 atom stereocenters. The van der Waals surface area contributed by atoms with Gasteiger partial charge in [-0.3, -0.25) is 9.59 Å². The van der Waals surface area contributed by atoms with Crippen molar-refractivity contribution < 1.29 is 9.59 Å². The Kier molecular flexibility index (Phi) is 3.80. The maximum atomic E-state index is 11.3. The van der Waals surface area contributed by atoms with Crippen LogP contribution in [-0.2, 0) is 4.79 Å². The molecule has 0 heterocycles. The van der Waals surface area contributed by atoms with E-state index in [1.54, 1.807) is 18.2 Å². The summed E-state index contributed by atoms with van der Waals surface area (Å²) in [6.07, 6.45) is 4.31. The van der Waals surface area contributed by atoms with Gasteiger partial charge in [0.15, 0.2) is 5.78 Å². The third-order valence-corrected chi connectivity index (χ3v) is 1.90. The SMILES string of the molecule is CCC(=O)c1cccc(C=CC=O)c1. The van der Waals surface area contributed by atoms with E-state index >= 15 is 0 Å². The van der Waals surface area contributed by atoms with Gasteiger partial charge < -0.3 is 0 Å². The van der Waals surface area contributed by atoms with Gasteiger partial charge in [0.05, 0.1) is 0 Å². The van der Waals surface area contributed by atoms with E-state index in [9.17, 15) is 9.59 Å². The Hall–Kier alpha value is -1.70.